The molecule has 2 aromatic carbocycles. The summed E-state index contributed by atoms with van der Waals surface area (Å²) < 4.78 is 22.5. The third kappa shape index (κ3) is 6.00. The van der Waals surface area contributed by atoms with E-state index in [0.717, 1.165) is 0 Å². The monoisotopic (exact) mass is 368 g/mol. The smallest absolute Gasteiger partial charge is 0.162 e. The second kappa shape index (κ2) is 10.8. The van der Waals surface area contributed by atoms with Crippen molar-refractivity contribution >= 4 is 0 Å². The predicted octanol–water partition coefficient (Wildman–Crippen LogP) is 2.93. The summed E-state index contributed by atoms with van der Waals surface area (Å²) >= 11 is 0. The molecule has 0 saturated heterocycles. The first-order chi connectivity index (χ1) is 13.9. The molecule has 0 aromatic heterocycles. The predicted molar refractivity (Wildman–Crippen MR) is 106 cm³/mol. The van der Waals surface area contributed by atoms with Crippen LogP contribution in [0, 0.1) is 47.4 Å². The van der Waals surface area contributed by atoms with Gasteiger partial charge in [0.05, 0.1) is 0 Å². The summed E-state index contributed by atoms with van der Waals surface area (Å²) in [6.07, 6.45) is 0. The molecular formula is C24H16O4. The molecule has 1 aliphatic rings. The number of rotatable bonds is 0. The fourth-order valence-corrected chi connectivity index (χ4v) is 2.15. The molecule has 2 aromatic rings. The van der Waals surface area contributed by atoms with Gasteiger partial charge in [-0.3, -0.25) is 0 Å². The van der Waals surface area contributed by atoms with Crippen LogP contribution in [0.25, 0.3) is 0 Å². The van der Waals surface area contributed by atoms with Crippen LogP contribution >= 0.6 is 0 Å². The first-order valence-corrected chi connectivity index (χ1v) is 8.54. The summed E-state index contributed by atoms with van der Waals surface area (Å²) in [6.45, 7) is 0.793. The molecule has 4 nitrogen and oxygen atoms in total. The molecule has 0 amide bonds. The van der Waals surface area contributed by atoms with Crippen LogP contribution < -0.4 is 18.9 Å². The average molecular weight is 368 g/mol. The highest BCUT2D eigenvalue weighted by Gasteiger charge is 2.03. The molecular weight excluding hydrogens is 352 g/mol. The summed E-state index contributed by atoms with van der Waals surface area (Å²) in [4.78, 5) is 0. The Hall–Kier alpha value is -4.12. The molecule has 0 atom stereocenters. The minimum absolute atomic E-state index is 0.198. The number of fused-ring (bicyclic) bond motifs is 2. The number of hydrogen-bond donors (Lipinski definition) is 0. The van der Waals surface area contributed by atoms with Crippen LogP contribution in [0.2, 0.25) is 0 Å². The number of para-hydroxylation sites is 4. The van der Waals surface area contributed by atoms with E-state index in [1.165, 1.54) is 0 Å². The van der Waals surface area contributed by atoms with Gasteiger partial charge in [0.15, 0.2) is 23.0 Å². The van der Waals surface area contributed by atoms with Crippen LogP contribution in [-0.2, 0) is 0 Å². The highest BCUT2D eigenvalue weighted by molar-refractivity contribution is 5.41. The van der Waals surface area contributed by atoms with E-state index in [4.69, 9.17) is 18.9 Å². The summed E-state index contributed by atoms with van der Waals surface area (Å²) in [5.74, 6) is 24.7. The highest BCUT2D eigenvalue weighted by Crippen LogP contribution is 2.26. The lowest BCUT2D eigenvalue weighted by Gasteiger charge is -2.09. The Bertz CT molecular complexity index is 883. The van der Waals surface area contributed by atoms with Gasteiger partial charge >= 0.3 is 0 Å². The van der Waals surface area contributed by atoms with Gasteiger partial charge in [0.1, 0.15) is 26.4 Å². The molecule has 0 saturated carbocycles. The average Bonchev–Trinajstić information content (AvgIpc) is 2.73. The van der Waals surface area contributed by atoms with Crippen molar-refractivity contribution in [2.24, 2.45) is 0 Å². The molecule has 0 unspecified atom stereocenters. The molecule has 3 rings (SSSR count). The van der Waals surface area contributed by atoms with Gasteiger partial charge in [0.25, 0.3) is 0 Å². The van der Waals surface area contributed by atoms with E-state index < -0.39 is 0 Å². The number of benzene rings is 2. The number of ether oxygens (including phenoxy) is 4. The summed E-state index contributed by atoms with van der Waals surface area (Å²) in [7, 11) is 0. The summed E-state index contributed by atoms with van der Waals surface area (Å²) in [5.41, 5.74) is 0. The molecule has 0 fully saturated rings. The zero-order chi connectivity index (χ0) is 19.3. The molecule has 0 bridgehead atoms. The van der Waals surface area contributed by atoms with Crippen LogP contribution in [0.3, 0.4) is 0 Å². The Kier molecular flexibility index (Phi) is 7.18. The Balaban J connectivity index is 1.73. The lowest BCUT2D eigenvalue weighted by atomic mass is 10.3. The van der Waals surface area contributed by atoms with Crippen molar-refractivity contribution in [3.05, 3.63) is 48.5 Å². The quantitative estimate of drug-likeness (QED) is 0.670. The van der Waals surface area contributed by atoms with Gasteiger partial charge in [-0.25, -0.2) is 0 Å². The van der Waals surface area contributed by atoms with Gasteiger partial charge in [-0.05, 0) is 71.6 Å². The van der Waals surface area contributed by atoms with Crippen LogP contribution in [-0.4, -0.2) is 26.4 Å². The normalized spacial score (nSPS) is 12.9. The maximum Gasteiger partial charge on any atom is 0.162 e. The van der Waals surface area contributed by atoms with E-state index in [1.54, 1.807) is 0 Å². The molecule has 0 spiro atoms. The summed E-state index contributed by atoms with van der Waals surface area (Å²) in [6, 6.07) is 14.7. The Labute approximate surface area is 164 Å². The van der Waals surface area contributed by atoms with Gasteiger partial charge < -0.3 is 18.9 Å². The zero-order valence-corrected chi connectivity index (χ0v) is 15.1. The first-order valence-electron chi connectivity index (χ1n) is 8.54. The molecule has 136 valence electrons. The highest BCUT2D eigenvalue weighted by atomic mass is 16.5. The maximum absolute atomic E-state index is 5.63. The van der Waals surface area contributed by atoms with Crippen molar-refractivity contribution in [3.8, 4) is 70.4 Å². The lowest BCUT2D eigenvalue weighted by Crippen LogP contribution is -2.00. The van der Waals surface area contributed by atoms with Crippen molar-refractivity contribution in [3.63, 3.8) is 0 Å². The molecule has 28 heavy (non-hydrogen) atoms. The van der Waals surface area contributed by atoms with E-state index in [9.17, 15) is 0 Å². The van der Waals surface area contributed by atoms with E-state index in [-0.39, 0.29) is 26.4 Å². The van der Waals surface area contributed by atoms with E-state index in [1.807, 2.05) is 48.5 Å². The van der Waals surface area contributed by atoms with Crippen LogP contribution in [0.15, 0.2) is 48.5 Å². The number of hydrogen-bond acceptors (Lipinski definition) is 4. The second-order valence-corrected chi connectivity index (χ2v) is 5.26. The van der Waals surface area contributed by atoms with Crippen molar-refractivity contribution in [1.82, 2.24) is 0 Å². The standard InChI is InChI=1S/C24H16O4/c1-2-10-18-26-23-15-7-8-16-24(23)28-20-12-4-3-11-19-27-22-14-6-5-13-21(22)25-17-9-1/h5-8,13-16H,17-20H2. The largest absolute Gasteiger partial charge is 0.477 e. The SMILES string of the molecule is C1#CCOc2ccccc2OCC#CC#CCOc2ccccc2OCC#C1. The Morgan fingerprint density at radius 1 is 0.429 bits per heavy atom. The summed E-state index contributed by atoms with van der Waals surface area (Å²) in [5, 5.41) is 0. The van der Waals surface area contributed by atoms with E-state index in [2.05, 4.69) is 47.4 Å². The van der Waals surface area contributed by atoms with Crippen LogP contribution in [0.4, 0.5) is 0 Å². The Morgan fingerprint density at radius 2 is 0.679 bits per heavy atom. The fourth-order valence-electron chi connectivity index (χ4n) is 2.15. The molecule has 1 aliphatic heterocycles. The maximum atomic E-state index is 5.63. The molecule has 0 radical (unpaired) electrons. The molecule has 4 heteroatoms. The molecule has 1 heterocycles. The van der Waals surface area contributed by atoms with E-state index in [0.29, 0.717) is 23.0 Å². The lowest BCUT2D eigenvalue weighted by molar-refractivity contribution is 0.314. The third-order valence-corrected chi connectivity index (χ3v) is 3.38. The fraction of sp³-hybridized carbons (Fsp3) is 0.167. The second-order valence-electron chi connectivity index (χ2n) is 5.26. The Morgan fingerprint density at radius 3 is 0.929 bits per heavy atom. The molecule has 0 N–H and O–H groups in total. The topological polar surface area (TPSA) is 36.9 Å². The zero-order valence-electron chi connectivity index (χ0n) is 15.1. The van der Waals surface area contributed by atoms with Gasteiger partial charge in [-0.2, -0.15) is 0 Å². The van der Waals surface area contributed by atoms with Crippen molar-refractivity contribution in [2.75, 3.05) is 26.4 Å². The molecule has 0 aliphatic carbocycles. The van der Waals surface area contributed by atoms with Gasteiger partial charge in [-0.15, -0.1) is 0 Å². The first kappa shape index (κ1) is 18.7. The van der Waals surface area contributed by atoms with Crippen LogP contribution in [0.5, 0.6) is 23.0 Å². The van der Waals surface area contributed by atoms with Gasteiger partial charge in [0.2, 0.25) is 0 Å². The van der Waals surface area contributed by atoms with E-state index >= 15 is 0 Å². The van der Waals surface area contributed by atoms with Crippen LogP contribution in [0.1, 0.15) is 0 Å². The van der Waals surface area contributed by atoms with Crippen molar-refractivity contribution < 1.29 is 18.9 Å². The minimum Gasteiger partial charge on any atom is -0.477 e. The minimum atomic E-state index is 0.198. The van der Waals surface area contributed by atoms with Crippen molar-refractivity contribution in [1.29, 1.82) is 0 Å². The van der Waals surface area contributed by atoms with Gasteiger partial charge in [-0.1, -0.05) is 24.3 Å². The van der Waals surface area contributed by atoms with Crippen molar-refractivity contribution in [2.45, 2.75) is 0 Å². The van der Waals surface area contributed by atoms with Gasteiger partial charge in [0, 0.05) is 0 Å². The third-order valence-electron chi connectivity index (χ3n) is 3.38.